The fourth-order valence-electron chi connectivity index (χ4n) is 9.53. The summed E-state index contributed by atoms with van der Waals surface area (Å²) >= 11 is 3.69. The van der Waals surface area contributed by atoms with Gasteiger partial charge in [-0.2, -0.15) is 10.5 Å². The Morgan fingerprint density at radius 1 is 0.676 bits per heavy atom. The number of benzene rings is 2. The Bertz CT molecular complexity index is 2520. The van der Waals surface area contributed by atoms with Gasteiger partial charge in [0.25, 0.3) is 11.8 Å². The molecule has 2 amide bonds. The minimum atomic E-state index is -0.221. The summed E-state index contributed by atoms with van der Waals surface area (Å²) in [6.07, 6.45) is 11.7. The summed E-state index contributed by atoms with van der Waals surface area (Å²) in [6, 6.07) is 16.0. The van der Waals surface area contributed by atoms with E-state index in [1.54, 1.807) is 12.3 Å². The van der Waals surface area contributed by atoms with Gasteiger partial charge in [-0.15, -0.1) is 0 Å². The predicted molar refractivity (Wildman–Crippen MR) is 284 cm³/mol. The molecule has 2 fully saturated rings. The van der Waals surface area contributed by atoms with E-state index in [2.05, 4.69) is 104 Å². The van der Waals surface area contributed by atoms with Crippen LogP contribution in [0.4, 0.5) is 5.69 Å². The van der Waals surface area contributed by atoms with Gasteiger partial charge in [0, 0.05) is 85.1 Å². The number of rotatable bonds is 17. The Labute approximate surface area is 431 Å². The van der Waals surface area contributed by atoms with Crippen LogP contribution in [-0.2, 0) is 25.7 Å². The Hall–Kier alpha value is -5.58. The first-order valence-electron chi connectivity index (χ1n) is 25.8. The van der Waals surface area contributed by atoms with Crippen LogP contribution in [0.2, 0.25) is 0 Å². The van der Waals surface area contributed by atoms with Crippen LogP contribution in [0.5, 0.6) is 11.5 Å². The van der Waals surface area contributed by atoms with Gasteiger partial charge in [-0.25, -0.2) is 0 Å². The van der Waals surface area contributed by atoms with Crippen molar-refractivity contribution in [3.05, 3.63) is 109 Å². The van der Waals surface area contributed by atoms with Gasteiger partial charge in [0.15, 0.2) is 0 Å². The lowest BCUT2D eigenvalue weighted by atomic mass is 9.92. The minimum absolute atomic E-state index is 0.0178. The summed E-state index contributed by atoms with van der Waals surface area (Å²) in [5, 5.41) is 21.9. The van der Waals surface area contributed by atoms with Crippen molar-refractivity contribution in [2.75, 3.05) is 97.7 Å². The molecule has 4 aromatic rings. The number of nitriles is 2. The van der Waals surface area contributed by atoms with Crippen LogP contribution in [0.25, 0.3) is 0 Å². The molecule has 71 heavy (non-hydrogen) atoms. The quantitative estimate of drug-likeness (QED) is 0.107. The second kappa shape index (κ2) is 26.7. The number of ether oxygens (including phenoxy) is 2. The highest BCUT2D eigenvalue weighted by atomic mass is 79.9. The lowest BCUT2D eigenvalue weighted by molar-refractivity contribution is 0.0661. The van der Waals surface area contributed by atoms with E-state index in [4.69, 9.17) is 9.47 Å². The SMILES string of the molecule is C1CCNC1.CCOc1cc(C(C)N2CCc3c(Br)cc(CCN(C)CC)cc3C2=O)ncc1C#N.CCOc1cc(C(C)N2CCc3c(cc(CCN(C)CC)cc3N3CCCC3)C2=O)ncc1C#N. The van der Waals surface area contributed by atoms with E-state index in [1.165, 1.54) is 61.8 Å². The average molecular weight is 1030 g/mol. The number of carbonyl (C=O) groups is 2. The number of nitrogens with one attached hydrogen (secondary N) is 1. The summed E-state index contributed by atoms with van der Waals surface area (Å²) in [4.78, 5) is 47.1. The van der Waals surface area contributed by atoms with E-state index in [1.807, 2.05) is 49.6 Å². The first-order valence-corrected chi connectivity index (χ1v) is 26.6. The highest BCUT2D eigenvalue weighted by molar-refractivity contribution is 9.10. The van der Waals surface area contributed by atoms with Crippen molar-refractivity contribution in [2.45, 2.75) is 105 Å². The Morgan fingerprint density at radius 3 is 1.58 bits per heavy atom. The summed E-state index contributed by atoms with van der Waals surface area (Å²) in [7, 11) is 4.23. The molecule has 6 heterocycles. The van der Waals surface area contributed by atoms with Crippen LogP contribution in [0.3, 0.4) is 0 Å². The molecule has 14 nitrogen and oxygen atoms in total. The number of nitrogens with zero attached hydrogens (tertiary/aromatic N) is 9. The maximum atomic E-state index is 13.9. The number of carbonyl (C=O) groups excluding carboxylic acids is 2. The summed E-state index contributed by atoms with van der Waals surface area (Å²) in [6.45, 7) is 22.8. The summed E-state index contributed by atoms with van der Waals surface area (Å²) in [5.74, 6) is 1.12. The molecule has 8 rings (SSSR count). The van der Waals surface area contributed by atoms with Crippen LogP contribution in [0, 0.1) is 22.7 Å². The average Bonchev–Trinajstić information content (AvgIpc) is 4.17. The molecular weight excluding hydrogens is 957 g/mol. The van der Waals surface area contributed by atoms with E-state index >= 15 is 0 Å². The molecule has 1 N–H and O–H groups in total. The number of aromatic nitrogens is 2. The number of pyridine rings is 2. The number of halogens is 1. The van der Waals surface area contributed by atoms with Crippen LogP contribution in [0.1, 0.15) is 145 Å². The van der Waals surface area contributed by atoms with Crippen LogP contribution in [-0.4, -0.2) is 134 Å². The summed E-state index contributed by atoms with van der Waals surface area (Å²) in [5.41, 5.74) is 9.77. The van der Waals surface area contributed by atoms with Gasteiger partial charge in [-0.1, -0.05) is 29.8 Å². The van der Waals surface area contributed by atoms with Crippen molar-refractivity contribution in [1.82, 2.24) is 34.9 Å². The largest absolute Gasteiger partial charge is 0.492 e. The van der Waals surface area contributed by atoms with Crippen LogP contribution >= 0.6 is 15.9 Å². The number of likely N-dealkylation sites (N-methyl/N-ethyl adjacent to an activating group) is 2. The first kappa shape index (κ1) is 54.7. The number of hydrogen-bond donors (Lipinski definition) is 1. The molecule has 4 aliphatic heterocycles. The third-order valence-electron chi connectivity index (χ3n) is 14.2. The summed E-state index contributed by atoms with van der Waals surface area (Å²) < 4.78 is 12.3. The van der Waals surface area contributed by atoms with Crippen LogP contribution < -0.4 is 19.7 Å². The van der Waals surface area contributed by atoms with Gasteiger partial charge in [-0.05, 0) is 166 Å². The number of fused-ring (bicyclic) bond motifs is 2. The van der Waals surface area contributed by atoms with Gasteiger partial charge < -0.3 is 39.3 Å². The van der Waals surface area contributed by atoms with E-state index in [9.17, 15) is 20.1 Å². The van der Waals surface area contributed by atoms with E-state index in [-0.39, 0.29) is 23.9 Å². The molecule has 0 saturated carbocycles. The Morgan fingerprint density at radius 2 is 1.14 bits per heavy atom. The van der Waals surface area contributed by atoms with Gasteiger partial charge in [0.1, 0.15) is 34.8 Å². The standard InChI is InChI=1S/C28H37N5O2.C24H29BrN4O2.C4H9N/c1-5-31(4)13-9-21-15-24-23(26(16-21)32-11-7-8-12-32)10-14-33(28(24)34)20(3)25-17-27(35-6-2)22(18-29)19-30-25;1-5-28(4)9-7-17-11-20-19(21(25)12-17)8-10-29(24(20)30)16(3)22-13-23(31-6-2)18(14-26)15-27-22;1-2-4-5-3-1/h15-17,19-20H,5-14H2,1-4H3;11-13,15-16H,5-10H2,1-4H3;5H,1-4H2. The molecule has 0 aliphatic carbocycles. The maximum Gasteiger partial charge on any atom is 0.254 e. The van der Waals surface area contributed by atoms with Gasteiger partial charge in [0.05, 0.1) is 36.7 Å². The molecule has 380 valence electrons. The second-order valence-corrected chi connectivity index (χ2v) is 19.7. The molecular formula is C56H75BrN10O4. The minimum Gasteiger partial charge on any atom is -0.492 e. The zero-order valence-corrected chi connectivity index (χ0v) is 45.0. The van der Waals surface area contributed by atoms with E-state index in [0.29, 0.717) is 48.9 Å². The monoisotopic (exact) mass is 1030 g/mol. The molecule has 2 aromatic heterocycles. The number of hydrogen-bond acceptors (Lipinski definition) is 12. The molecule has 2 atom stereocenters. The molecule has 2 saturated heterocycles. The van der Waals surface area contributed by atoms with Crippen LogP contribution in [0.15, 0.2) is 53.3 Å². The van der Waals surface area contributed by atoms with Crippen molar-refractivity contribution in [2.24, 2.45) is 0 Å². The zero-order chi connectivity index (χ0) is 51.0. The third kappa shape index (κ3) is 13.9. The fourth-order valence-corrected chi connectivity index (χ4v) is 10.2. The fraction of sp³-hybridized carbons (Fsp3) is 0.536. The van der Waals surface area contributed by atoms with E-state index in [0.717, 1.165) is 103 Å². The van der Waals surface area contributed by atoms with Crippen molar-refractivity contribution in [3.8, 4) is 23.6 Å². The lowest BCUT2D eigenvalue weighted by Gasteiger charge is -2.36. The van der Waals surface area contributed by atoms with Crippen molar-refractivity contribution in [3.63, 3.8) is 0 Å². The molecule has 0 spiro atoms. The molecule has 2 unspecified atom stereocenters. The molecule has 2 aromatic carbocycles. The van der Waals surface area contributed by atoms with Gasteiger partial charge in [0.2, 0.25) is 0 Å². The Balaban J connectivity index is 0.000000212. The van der Waals surface area contributed by atoms with E-state index < -0.39 is 0 Å². The number of anilines is 1. The maximum absolute atomic E-state index is 13.9. The lowest BCUT2D eigenvalue weighted by Crippen LogP contribution is -2.40. The molecule has 0 bridgehead atoms. The van der Waals surface area contributed by atoms with Gasteiger partial charge in [-0.3, -0.25) is 19.6 Å². The smallest absolute Gasteiger partial charge is 0.254 e. The second-order valence-electron chi connectivity index (χ2n) is 18.8. The zero-order valence-electron chi connectivity index (χ0n) is 43.5. The molecule has 4 aliphatic rings. The molecule has 15 heteroatoms. The number of amides is 2. The van der Waals surface area contributed by atoms with Crippen molar-refractivity contribution < 1.29 is 19.1 Å². The highest BCUT2D eigenvalue weighted by Gasteiger charge is 2.34. The van der Waals surface area contributed by atoms with Crippen molar-refractivity contribution >= 4 is 33.4 Å². The van der Waals surface area contributed by atoms with Crippen molar-refractivity contribution in [1.29, 1.82) is 10.5 Å². The first-order chi connectivity index (χ1) is 34.3. The topological polar surface area (TPSA) is 154 Å². The predicted octanol–water partition coefficient (Wildman–Crippen LogP) is 8.94. The normalized spacial score (nSPS) is 16.0. The highest BCUT2D eigenvalue weighted by Crippen LogP contribution is 2.37. The Kier molecular flexibility index (Phi) is 20.6. The molecule has 0 radical (unpaired) electrons. The third-order valence-corrected chi connectivity index (χ3v) is 14.9. The van der Waals surface area contributed by atoms with Gasteiger partial charge >= 0.3 is 0 Å².